The van der Waals surface area contributed by atoms with Crippen LogP contribution >= 0.6 is 0 Å². The van der Waals surface area contributed by atoms with E-state index in [1.165, 1.54) is 24.5 Å². The maximum Gasteiger partial charge on any atom is 0.314 e. The summed E-state index contributed by atoms with van der Waals surface area (Å²) in [7, 11) is 0. The van der Waals surface area contributed by atoms with Crippen LogP contribution in [-0.4, -0.2) is 14.8 Å². The van der Waals surface area contributed by atoms with Gasteiger partial charge in [0.1, 0.15) is 0 Å². The van der Waals surface area contributed by atoms with Crippen molar-refractivity contribution < 1.29 is 13.2 Å². The average molecular weight is 357 g/mol. The van der Waals surface area contributed by atoms with Gasteiger partial charge in [0.2, 0.25) is 5.89 Å². The fourth-order valence-electron chi connectivity index (χ4n) is 3.17. The Morgan fingerprint density at radius 2 is 1.92 bits per heavy atom. The quantitative estimate of drug-likeness (QED) is 0.668. The summed E-state index contributed by atoms with van der Waals surface area (Å²) in [5.74, 6) is 0.0514. The second-order valence-corrected chi connectivity index (χ2v) is 6.51. The Balaban J connectivity index is 1.58. The van der Waals surface area contributed by atoms with Gasteiger partial charge < -0.3 is 8.98 Å². The van der Waals surface area contributed by atoms with Gasteiger partial charge in [-0.1, -0.05) is 30.3 Å². The lowest BCUT2D eigenvalue weighted by Gasteiger charge is -2.18. The molecule has 7 heteroatoms. The Labute approximate surface area is 148 Å². The van der Waals surface area contributed by atoms with E-state index in [2.05, 4.69) is 22.3 Å². The zero-order valence-corrected chi connectivity index (χ0v) is 13.9. The number of rotatable bonds is 6. The van der Waals surface area contributed by atoms with Crippen LogP contribution in [0.2, 0.25) is 0 Å². The average Bonchev–Trinajstić information content (AvgIpc) is 3.36. The van der Waals surface area contributed by atoms with Crippen molar-refractivity contribution in [2.24, 2.45) is 5.92 Å². The van der Waals surface area contributed by atoms with Crippen LogP contribution in [-0.2, 0) is 6.54 Å². The molecule has 134 valence electrons. The van der Waals surface area contributed by atoms with Crippen molar-refractivity contribution >= 4 is 0 Å². The van der Waals surface area contributed by atoms with Crippen molar-refractivity contribution in [3.8, 4) is 11.5 Å². The normalized spacial score (nSPS) is 15.3. The summed E-state index contributed by atoms with van der Waals surface area (Å²) < 4.78 is 31.7. The van der Waals surface area contributed by atoms with Crippen LogP contribution in [0.4, 0.5) is 8.78 Å². The highest BCUT2D eigenvalue weighted by molar-refractivity contribution is 5.51. The molecule has 1 saturated carbocycles. The van der Waals surface area contributed by atoms with Crippen LogP contribution in [0.3, 0.4) is 0 Å². The molecule has 0 aliphatic heterocycles. The van der Waals surface area contributed by atoms with E-state index in [1.54, 1.807) is 16.8 Å². The molecule has 1 aliphatic rings. The molecular weight excluding hydrogens is 340 g/mol. The van der Waals surface area contributed by atoms with E-state index in [0.717, 1.165) is 0 Å². The molecule has 2 heterocycles. The molecule has 0 bridgehead atoms. The second-order valence-electron chi connectivity index (χ2n) is 6.51. The Bertz CT molecular complexity index is 949. The van der Waals surface area contributed by atoms with Gasteiger partial charge in [-0.3, -0.25) is 4.79 Å². The summed E-state index contributed by atoms with van der Waals surface area (Å²) in [6.45, 7) is 0.583. The molecule has 0 saturated heterocycles. The van der Waals surface area contributed by atoms with Crippen molar-refractivity contribution in [3.05, 3.63) is 70.5 Å². The summed E-state index contributed by atoms with van der Waals surface area (Å²) in [5.41, 5.74) is 1.35. The molecule has 4 rings (SSSR count). The van der Waals surface area contributed by atoms with Crippen LogP contribution in [0, 0.1) is 5.92 Å². The van der Waals surface area contributed by atoms with Gasteiger partial charge in [-0.05, 0) is 30.4 Å². The molecule has 5 nitrogen and oxygen atoms in total. The summed E-state index contributed by atoms with van der Waals surface area (Å²) in [5, 5.41) is 6.87. The molecule has 2 aromatic heterocycles. The van der Waals surface area contributed by atoms with Crippen LogP contribution in [0.15, 0.2) is 57.9 Å². The lowest BCUT2D eigenvalue weighted by molar-refractivity contribution is 0.116. The van der Waals surface area contributed by atoms with Gasteiger partial charge in [-0.25, -0.2) is 0 Å². The Kier molecular flexibility index (Phi) is 4.36. The smallest absolute Gasteiger partial charge is 0.314 e. The van der Waals surface area contributed by atoms with E-state index in [9.17, 15) is 13.6 Å². The molecule has 0 radical (unpaired) electrons. The van der Waals surface area contributed by atoms with E-state index in [4.69, 9.17) is 4.42 Å². The molecule has 0 N–H and O–H groups in total. The van der Waals surface area contributed by atoms with E-state index < -0.39 is 12.3 Å². The van der Waals surface area contributed by atoms with Gasteiger partial charge >= 0.3 is 6.43 Å². The third-order valence-corrected chi connectivity index (χ3v) is 4.68. The van der Waals surface area contributed by atoms with Gasteiger partial charge in [-0.15, -0.1) is 10.2 Å². The molecule has 1 unspecified atom stereocenters. The maximum absolute atomic E-state index is 12.6. The first-order chi connectivity index (χ1) is 12.6. The zero-order chi connectivity index (χ0) is 18.1. The number of hydrogen-bond donors (Lipinski definition) is 0. The summed E-state index contributed by atoms with van der Waals surface area (Å²) >= 11 is 0. The van der Waals surface area contributed by atoms with Gasteiger partial charge in [-0.2, -0.15) is 8.78 Å². The van der Waals surface area contributed by atoms with Crippen molar-refractivity contribution in [2.75, 3.05) is 0 Å². The number of halogens is 2. The lowest BCUT2D eigenvalue weighted by atomic mass is 9.94. The second kappa shape index (κ2) is 6.82. The van der Waals surface area contributed by atoms with Gasteiger partial charge in [0.05, 0.1) is 0 Å². The number of alkyl halides is 2. The number of hydrogen-bond acceptors (Lipinski definition) is 4. The topological polar surface area (TPSA) is 60.9 Å². The highest BCUT2D eigenvalue weighted by Crippen LogP contribution is 2.43. The lowest BCUT2D eigenvalue weighted by Crippen LogP contribution is -2.23. The van der Waals surface area contributed by atoms with E-state index in [0.29, 0.717) is 18.0 Å². The van der Waals surface area contributed by atoms with Gasteiger partial charge in [0.15, 0.2) is 0 Å². The molecule has 26 heavy (non-hydrogen) atoms. The van der Waals surface area contributed by atoms with Gasteiger partial charge in [0.25, 0.3) is 11.4 Å². The summed E-state index contributed by atoms with van der Waals surface area (Å²) in [6.07, 6.45) is 1.17. The predicted molar refractivity (Wildman–Crippen MR) is 90.9 cm³/mol. The minimum atomic E-state index is -2.83. The fourth-order valence-corrected chi connectivity index (χ4v) is 3.17. The molecule has 0 amide bonds. The van der Waals surface area contributed by atoms with Gasteiger partial charge in [0, 0.05) is 30.3 Å². The van der Waals surface area contributed by atoms with E-state index in [-0.39, 0.29) is 17.4 Å². The standard InChI is InChI=1S/C19H17F2N3O2/c20-17(21)19-23-22-18(26-19)14-8-9-24(16(25)10-14)11-15(13-6-7-13)12-4-2-1-3-5-12/h1-5,8-10,13,15,17H,6-7,11H2. The molecule has 1 atom stereocenters. The molecule has 1 fully saturated rings. The van der Waals surface area contributed by atoms with Crippen LogP contribution in [0.1, 0.15) is 36.6 Å². The van der Waals surface area contributed by atoms with E-state index in [1.807, 2.05) is 18.2 Å². The number of benzene rings is 1. The first-order valence-electron chi connectivity index (χ1n) is 8.49. The number of pyridine rings is 1. The monoisotopic (exact) mass is 357 g/mol. The van der Waals surface area contributed by atoms with Crippen LogP contribution in [0.25, 0.3) is 11.5 Å². The number of nitrogens with zero attached hydrogens (tertiary/aromatic N) is 3. The third kappa shape index (κ3) is 3.42. The highest BCUT2D eigenvalue weighted by atomic mass is 19.3. The Morgan fingerprint density at radius 3 is 2.54 bits per heavy atom. The SMILES string of the molecule is O=c1cc(-c2nnc(C(F)F)o2)ccn1CC(c1ccccc1)C1CC1. The van der Waals surface area contributed by atoms with Crippen molar-refractivity contribution in [1.82, 2.24) is 14.8 Å². The maximum atomic E-state index is 12.6. The Hall–Kier alpha value is -2.83. The summed E-state index contributed by atoms with van der Waals surface area (Å²) in [4.78, 5) is 12.5. The summed E-state index contributed by atoms with van der Waals surface area (Å²) in [6, 6.07) is 13.2. The minimum Gasteiger partial charge on any atom is -0.415 e. The Morgan fingerprint density at radius 1 is 1.15 bits per heavy atom. The first kappa shape index (κ1) is 16.6. The highest BCUT2D eigenvalue weighted by Gasteiger charge is 2.32. The fraction of sp³-hybridized carbons (Fsp3) is 0.316. The van der Waals surface area contributed by atoms with E-state index >= 15 is 0 Å². The van der Waals surface area contributed by atoms with Crippen molar-refractivity contribution in [3.63, 3.8) is 0 Å². The van der Waals surface area contributed by atoms with Crippen LogP contribution in [0.5, 0.6) is 0 Å². The van der Waals surface area contributed by atoms with Crippen molar-refractivity contribution in [2.45, 2.75) is 31.7 Å². The van der Waals surface area contributed by atoms with Crippen LogP contribution < -0.4 is 5.56 Å². The molecule has 3 aromatic rings. The molecule has 1 aliphatic carbocycles. The molecular formula is C19H17F2N3O2. The zero-order valence-electron chi connectivity index (χ0n) is 13.9. The molecule has 0 spiro atoms. The largest absolute Gasteiger partial charge is 0.415 e. The predicted octanol–water partition coefficient (Wildman–Crippen LogP) is 4.03. The third-order valence-electron chi connectivity index (χ3n) is 4.68. The molecule has 1 aromatic carbocycles. The van der Waals surface area contributed by atoms with Crippen molar-refractivity contribution in [1.29, 1.82) is 0 Å². The number of aromatic nitrogens is 3. The minimum absolute atomic E-state index is 0.0775. The first-order valence-corrected chi connectivity index (χ1v) is 8.49.